The van der Waals surface area contributed by atoms with Crippen LogP contribution in [-0.2, 0) is 28.7 Å². The molecular weight excluding hydrogens is 462 g/mol. The highest BCUT2D eigenvalue weighted by Gasteiger charge is 2.26. The molecule has 2 rings (SSSR count). The minimum atomic E-state index is -0.649. The van der Waals surface area contributed by atoms with Crippen molar-refractivity contribution in [2.75, 3.05) is 19.9 Å². The number of aromatic hydroxyl groups is 2. The van der Waals surface area contributed by atoms with E-state index in [1.165, 1.54) is 24.3 Å². The van der Waals surface area contributed by atoms with Gasteiger partial charge >= 0.3 is 5.97 Å². The van der Waals surface area contributed by atoms with Crippen molar-refractivity contribution in [2.45, 2.75) is 64.6 Å². The molecule has 0 aliphatic carbocycles. The molecule has 0 aromatic carbocycles. The number of imide groups is 1. The molecule has 0 fully saturated rings. The highest BCUT2D eigenvalue weighted by atomic mass is 16.7. The Morgan fingerprint density at radius 1 is 0.914 bits per heavy atom. The minimum absolute atomic E-state index is 0.000664. The Bertz CT molecular complexity index is 928. The van der Waals surface area contributed by atoms with Crippen LogP contribution in [0.15, 0.2) is 24.3 Å². The third-order valence-electron chi connectivity index (χ3n) is 5.31. The molecule has 0 spiro atoms. The van der Waals surface area contributed by atoms with Crippen molar-refractivity contribution in [1.82, 2.24) is 14.9 Å². The normalized spacial score (nSPS) is 14.0. The lowest BCUT2D eigenvalue weighted by atomic mass is 10.0. The van der Waals surface area contributed by atoms with Crippen LogP contribution in [0.2, 0.25) is 0 Å². The summed E-state index contributed by atoms with van der Waals surface area (Å²) in [6.45, 7) is 7.62. The van der Waals surface area contributed by atoms with Crippen molar-refractivity contribution in [3.05, 3.63) is 24.3 Å². The molecule has 1 aromatic rings. The third kappa shape index (κ3) is 9.06. The number of rotatable bonds is 14. The van der Waals surface area contributed by atoms with E-state index in [0.717, 1.165) is 4.90 Å². The fourth-order valence-electron chi connectivity index (χ4n) is 3.03. The molecule has 1 aliphatic heterocycles. The quantitative estimate of drug-likeness (QED) is 0.253. The van der Waals surface area contributed by atoms with Crippen molar-refractivity contribution >= 4 is 23.7 Å². The van der Waals surface area contributed by atoms with Gasteiger partial charge in [-0.1, -0.05) is 0 Å². The summed E-state index contributed by atoms with van der Waals surface area (Å²) < 4.78 is 12.2. The van der Waals surface area contributed by atoms with Crippen molar-refractivity contribution in [2.24, 2.45) is 0 Å². The molecule has 3 N–H and O–H groups in total. The van der Waals surface area contributed by atoms with Crippen LogP contribution in [0.25, 0.3) is 0 Å². The zero-order valence-corrected chi connectivity index (χ0v) is 20.4. The lowest BCUT2D eigenvalue weighted by Gasteiger charge is -2.29. The van der Waals surface area contributed by atoms with E-state index in [2.05, 4.69) is 5.32 Å². The predicted molar refractivity (Wildman–Crippen MR) is 122 cm³/mol. The fraction of sp³-hybridized carbons (Fsp3) is 0.565. The van der Waals surface area contributed by atoms with Gasteiger partial charge < -0.3 is 29.8 Å². The van der Waals surface area contributed by atoms with E-state index < -0.39 is 29.0 Å². The molecule has 0 saturated heterocycles. The standard InChI is InChI=1S/C23H33N3O9/c1-22(2,11-9-21(32)35-26-19(30)7-8-20(26)31)33-14-12-23(3,4)34-15-24-16(27)10-13-25-17(28)5-6-18(25)29/h5-8,30-31H,9-15H2,1-4H3,(H,24,27). The minimum Gasteiger partial charge on any atom is -0.492 e. The topological polar surface area (TPSA) is 157 Å². The number of hydrogen-bond donors (Lipinski definition) is 3. The monoisotopic (exact) mass is 495 g/mol. The van der Waals surface area contributed by atoms with Gasteiger partial charge in [-0.15, -0.1) is 4.73 Å². The lowest BCUT2D eigenvalue weighted by molar-refractivity contribution is -0.147. The maximum atomic E-state index is 12.0. The van der Waals surface area contributed by atoms with E-state index in [0.29, 0.717) is 24.2 Å². The summed E-state index contributed by atoms with van der Waals surface area (Å²) in [7, 11) is 0. The molecule has 0 saturated carbocycles. The summed E-state index contributed by atoms with van der Waals surface area (Å²) in [6.07, 6.45) is 3.16. The first kappa shape index (κ1) is 27.9. The van der Waals surface area contributed by atoms with Crippen molar-refractivity contribution in [3.63, 3.8) is 0 Å². The van der Waals surface area contributed by atoms with Crippen LogP contribution < -0.4 is 10.2 Å². The van der Waals surface area contributed by atoms with Gasteiger partial charge in [0.15, 0.2) is 0 Å². The Morgan fingerprint density at radius 2 is 1.49 bits per heavy atom. The van der Waals surface area contributed by atoms with Gasteiger partial charge in [0, 0.05) is 37.3 Å². The SMILES string of the molecule is CC(C)(CCC(=O)On1c(O)ccc1O)OCCC(C)(C)OCNC(=O)CCN1C(=O)C=CC1=O. The lowest BCUT2D eigenvalue weighted by Crippen LogP contribution is -2.38. The van der Waals surface area contributed by atoms with E-state index in [1.807, 2.05) is 27.7 Å². The highest BCUT2D eigenvalue weighted by Crippen LogP contribution is 2.22. The first-order valence-electron chi connectivity index (χ1n) is 11.2. The first-order chi connectivity index (χ1) is 16.3. The molecule has 0 bridgehead atoms. The molecule has 1 aromatic heterocycles. The number of ether oxygens (including phenoxy) is 2. The van der Waals surface area contributed by atoms with E-state index in [9.17, 15) is 29.4 Å². The molecule has 0 radical (unpaired) electrons. The average Bonchev–Trinajstić information content (AvgIpc) is 3.25. The largest absolute Gasteiger partial charge is 0.492 e. The zero-order chi connectivity index (χ0) is 26.2. The van der Waals surface area contributed by atoms with Crippen LogP contribution in [0.4, 0.5) is 0 Å². The fourth-order valence-corrected chi connectivity index (χ4v) is 3.03. The number of nitrogens with one attached hydrogen (secondary N) is 1. The molecular formula is C23H33N3O9. The smallest absolute Gasteiger partial charge is 0.333 e. The summed E-state index contributed by atoms with van der Waals surface area (Å²) in [5, 5.41) is 21.6. The van der Waals surface area contributed by atoms with Gasteiger partial charge in [0.2, 0.25) is 17.7 Å². The molecule has 2 heterocycles. The van der Waals surface area contributed by atoms with Crippen molar-refractivity contribution in [3.8, 4) is 11.8 Å². The second-order valence-electron chi connectivity index (χ2n) is 9.23. The van der Waals surface area contributed by atoms with Gasteiger partial charge in [0.25, 0.3) is 11.8 Å². The van der Waals surface area contributed by atoms with Crippen LogP contribution in [0, 0.1) is 0 Å². The van der Waals surface area contributed by atoms with Crippen LogP contribution >= 0.6 is 0 Å². The Hall–Kier alpha value is -3.38. The van der Waals surface area contributed by atoms with Crippen LogP contribution in [0.5, 0.6) is 11.8 Å². The second kappa shape index (κ2) is 11.8. The number of amides is 3. The molecule has 12 heteroatoms. The summed E-state index contributed by atoms with van der Waals surface area (Å²) in [5.41, 5.74) is -1.26. The molecule has 3 amide bonds. The van der Waals surface area contributed by atoms with E-state index in [-0.39, 0.29) is 43.8 Å². The molecule has 1 aliphatic rings. The molecule has 194 valence electrons. The number of aromatic nitrogens is 1. The number of carbonyl (C=O) groups is 4. The third-order valence-corrected chi connectivity index (χ3v) is 5.31. The maximum absolute atomic E-state index is 12.0. The first-order valence-corrected chi connectivity index (χ1v) is 11.2. The van der Waals surface area contributed by atoms with E-state index in [4.69, 9.17) is 14.3 Å². The molecule has 35 heavy (non-hydrogen) atoms. The Labute approximate surface area is 203 Å². The molecule has 12 nitrogen and oxygen atoms in total. The number of hydrogen-bond acceptors (Lipinski definition) is 9. The average molecular weight is 496 g/mol. The number of carbonyl (C=O) groups excluding carboxylic acids is 4. The van der Waals surface area contributed by atoms with Crippen molar-refractivity contribution in [1.29, 1.82) is 0 Å². The van der Waals surface area contributed by atoms with Gasteiger partial charge in [-0.05, 0) is 40.5 Å². The Balaban J connectivity index is 1.62. The highest BCUT2D eigenvalue weighted by molar-refractivity contribution is 6.13. The summed E-state index contributed by atoms with van der Waals surface area (Å²) in [4.78, 5) is 52.8. The summed E-state index contributed by atoms with van der Waals surface area (Å²) >= 11 is 0. The second-order valence-corrected chi connectivity index (χ2v) is 9.23. The van der Waals surface area contributed by atoms with Crippen LogP contribution in [0.1, 0.15) is 53.4 Å². The van der Waals surface area contributed by atoms with E-state index >= 15 is 0 Å². The zero-order valence-electron chi connectivity index (χ0n) is 20.4. The van der Waals surface area contributed by atoms with Crippen LogP contribution in [-0.4, -0.2) is 74.6 Å². The summed E-state index contributed by atoms with van der Waals surface area (Å²) in [6, 6.07) is 2.39. The van der Waals surface area contributed by atoms with Gasteiger partial charge in [-0.25, -0.2) is 4.79 Å². The molecule has 0 atom stereocenters. The Kier molecular flexibility index (Phi) is 9.43. The van der Waals surface area contributed by atoms with Crippen molar-refractivity contribution < 1.29 is 43.7 Å². The Morgan fingerprint density at radius 3 is 2.09 bits per heavy atom. The van der Waals surface area contributed by atoms with Gasteiger partial charge in [-0.2, -0.15) is 0 Å². The molecule has 0 unspecified atom stereocenters. The van der Waals surface area contributed by atoms with Gasteiger partial charge in [0.05, 0.1) is 24.2 Å². The van der Waals surface area contributed by atoms with Crippen LogP contribution in [0.3, 0.4) is 0 Å². The maximum Gasteiger partial charge on any atom is 0.333 e. The summed E-state index contributed by atoms with van der Waals surface area (Å²) in [5.74, 6) is -2.63. The van der Waals surface area contributed by atoms with Gasteiger partial charge in [-0.3, -0.25) is 19.3 Å². The van der Waals surface area contributed by atoms with E-state index in [1.54, 1.807) is 0 Å². The number of nitrogens with zero attached hydrogens (tertiary/aromatic N) is 2. The van der Waals surface area contributed by atoms with Gasteiger partial charge in [0.1, 0.15) is 6.73 Å². The predicted octanol–water partition coefficient (Wildman–Crippen LogP) is 1.00.